The molecule has 15 heavy (non-hydrogen) atoms. The molecular formula is C11H17NO3. The van der Waals surface area contributed by atoms with Crippen LogP contribution in [0, 0.1) is 0 Å². The van der Waals surface area contributed by atoms with Gasteiger partial charge in [0.25, 0.3) is 0 Å². The zero-order valence-corrected chi connectivity index (χ0v) is 9.18. The Balaban J connectivity index is 0.000000921. The van der Waals surface area contributed by atoms with E-state index in [1.165, 1.54) is 0 Å². The lowest BCUT2D eigenvalue weighted by Gasteiger charge is -2.10. The topological polar surface area (TPSA) is 73.1 Å². The van der Waals surface area contributed by atoms with E-state index in [2.05, 4.69) is 4.99 Å². The van der Waals surface area contributed by atoms with Crippen molar-refractivity contribution in [1.82, 2.24) is 0 Å². The summed E-state index contributed by atoms with van der Waals surface area (Å²) >= 11 is 0. The van der Waals surface area contributed by atoms with E-state index in [0.29, 0.717) is 0 Å². The van der Waals surface area contributed by atoms with Crippen molar-refractivity contribution in [2.75, 3.05) is 0 Å². The van der Waals surface area contributed by atoms with Crippen molar-refractivity contribution in [3.63, 3.8) is 0 Å². The Morgan fingerprint density at radius 3 is 1.93 bits per heavy atom. The van der Waals surface area contributed by atoms with Crippen LogP contribution in [0.1, 0.15) is 26.3 Å². The lowest BCUT2D eigenvalue weighted by atomic mass is 10.1. The lowest BCUT2D eigenvalue weighted by molar-refractivity contribution is -0.176. The number of hydrogen-bond acceptors (Lipinski definition) is 4. The third-order valence-corrected chi connectivity index (χ3v) is 1.49. The summed E-state index contributed by atoms with van der Waals surface area (Å²) in [5.41, 5.74) is 0.963. The molecule has 0 amide bonds. The molecule has 1 rings (SSSR count). The van der Waals surface area contributed by atoms with Crippen LogP contribution in [0.25, 0.3) is 0 Å². The van der Waals surface area contributed by atoms with E-state index in [9.17, 15) is 0 Å². The predicted molar refractivity (Wildman–Crippen MR) is 60.7 cm³/mol. The van der Waals surface area contributed by atoms with Crippen LogP contribution in [0.3, 0.4) is 0 Å². The summed E-state index contributed by atoms with van der Waals surface area (Å²) in [5.74, 6) is 0.285. The first kappa shape index (κ1) is 13.6. The highest BCUT2D eigenvalue weighted by Gasteiger charge is 2.04. The molecule has 84 valence electrons. The minimum absolute atomic E-state index is 0.0438. The monoisotopic (exact) mass is 211 g/mol. The molecular weight excluding hydrogens is 194 g/mol. The molecule has 0 unspecified atom stereocenters. The molecule has 0 fully saturated rings. The fraction of sp³-hybridized carbons (Fsp3) is 0.364. The molecule has 1 aromatic carbocycles. The summed E-state index contributed by atoms with van der Waals surface area (Å²) in [6, 6.07) is 6.99. The molecule has 0 aromatic heterocycles. The molecule has 0 atom stereocenters. The molecule has 3 N–H and O–H groups in total. The third kappa shape index (κ3) is 6.65. The maximum absolute atomic E-state index is 9.04. The van der Waals surface area contributed by atoms with E-state index in [4.69, 9.17) is 15.6 Å². The summed E-state index contributed by atoms with van der Waals surface area (Å²) in [5, 5.41) is 21.0. The van der Waals surface area contributed by atoms with Gasteiger partial charge in [0.15, 0.2) is 0 Å². The predicted octanol–water partition coefficient (Wildman–Crippen LogP) is 2.63. The average Bonchev–Trinajstić information content (AvgIpc) is 2.19. The standard InChI is InChI=1S/C11H15NO.H2O2/c1-11(2,3)12-8-9-4-6-10(13)7-5-9;1-2/h4-8,13H,1-3H3;1-2H. The van der Waals surface area contributed by atoms with Crippen molar-refractivity contribution in [3.05, 3.63) is 29.8 Å². The Bertz CT molecular complexity index is 299. The largest absolute Gasteiger partial charge is 0.508 e. The van der Waals surface area contributed by atoms with Gasteiger partial charge in [-0.2, -0.15) is 0 Å². The second-order valence-electron chi connectivity index (χ2n) is 4.02. The number of aromatic hydroxyl groups is 1. The Hall–Kier alpha value is -1.39. The normalized spacial score (nSPS) is 11.0. The highest BCUT2D eigenvalue weighted by atomic mass is 17.0. The summed E-state index contributed by atoms with van der Waals surface area (Å²) < 4.78 is 0. The Morgan fingerprint density at radius 1 is 1.07 bits per heavy atom. The van der Waals surface area contributed by atoms with E-state index in [1.54, 1.807) is 12.1 Å². The number of hydrogen-bond donors (Lipinski definition) is 3. The number of benzene rings is 1. The van der Waals surface area contributed by atoms with Gasteiger partial charge in [0.05, 0.1) is 5.54 Å². The molecule has 0 radical (unpaired) electrons. The molecule has 0 heterocycles. The first-order valence-corrected chi connectivity index (χ1v) is 4.52. The fourth-order valence-electron chi connectivity index (χ4n) is 0.829. The molecule has 0 saturated heterocycles. The van der Waals surface area contributed by atoms with Gasteiger partial charge in [-0.25, -0.2) is 0 Å². The van der Waals surface area contributed by atoms with Gasteiger partial charge >= 0.3 is 0 Å². The number of aliphatic imine (C=N–C) groups is 1. The van der Waals surface area contributed by atoms with E-state index >= 15 is 0 Å². The number of phenols is 1. The van der Waals surface area contributed by atoms with Crippen LogP contribution in [0.4, 0.5) is 0 Å². The Kier molecular flexibility index (Phi) is 5.59. The lowest BCUT2D eigenvalue weighted by Crippen LogP contribution is -2.09. The second kappa shape index (κ2) is 6.16. The van der Waals surface area contributed by atoms with E-state index in [0.717, 1.165) is 5.56 Å². The van der Waals surface area contributed by atoms with Crippen LogP contribution in [-0.4, -0.2) is 27.4 Å². The molecule has 0 saturated carbocycles. The average molecular weight is 211 g/mol. The van der Waals surface area contributed by atoms with Gasteiger partial charge in [0.2, 0.25) is 0 Å². The summed E-state index contributed by atoms with van der Waals surface area (Å²) in [4.78, 5) is 4.35. The SMILES string of the molecule is CC(C)(C)N=Cc1ccc(O)cc1.OO. The van der Waals surface area contributed by atoms with Crippen LogP contribution >= 0.6 is 0 Å². The zero-order valence-electron chi connectivity index (χ0n) is 9.18. The van der Waals surface area contributed by atoms with Gasteiger partial charge in [-0.05, 0) is 50.6 Å². The number of nitrogens with zero attached hydrogens (tertiary/aromatic N) is 1. The molecule has 0 aliphatic rings. The molecule has 4 heteroatoms. The molecule has 0 spiro atoms. The Morgan fingerprint density at radius 2 is 1.53 bits per heavy atom. The van der Waals surface area contributed by atoms with Gasteiger partial charge in [-0.15, -0.1) is 0 Å². The molecule has 1 aromatic rings. The van der Waals surface area contributed by atoms with E-state index in [1.807, 2.05) is 39.1 Å². The van der Waals surface area contributed by atoms with E-state index < -0.39 is 0 Å². The van der Waals surface area contributed by atoms with Crippen molar-refractivity contribution in [2.45, 2.75) is 26.3 Å². The first-order chi connectivity index (χ1) is 6.97. The van der Waals surface area contributed by atoms with Crippen molar-refractivity contribution < 1.29 is 15.6 Å². The second-order valence-corrected chi connectivity index (χ2v) is 4.02. The minimum atomic E-state index is -0.0438. The molecule has 0 aliphatic carbocycles. The number of rotatable bonds is 1. The van der Waals surface area contributed by atoms with Crippen LogP contribution in [0.5, 0.6) is 5.75 Å². The van der Waals surface area contributed by atoms with Gasteiger partial charge < -0.3 is 5.11 Å². The van der Waals surface area contributed by atoms with Gasteiger partial charge in [-0.1, -0.05) is 0 Å². The quantitative estimate of drug-likeness (QED) is 0.380. The van der Waals surface area contributed by atoms with Gasteiger partial charge in [-0.3, -0.25) is 15.5 Å². The van der Waals surface area contributed by atoms with Crippen molar-refractivity contribution >= 4 is 6.21 Å². The van der Waals surface area contributed by atoms with Crippen molar-refractivity contribution in [3.8, 4) is 5.75 Å². The highest BCUT2D eigenvalue weighted by Crippen LogP contribution is 2.10. The van der Waals surface area contributed by atoms with Gasteiger partial charge in [0.1, 0.15) is 5.75 Å². The smallest absolute Gasteiger partial charge is 0.115 e. The van der Waals surface area contributed by atoms with Crippen LogP contribution < -0.4 is 0 Å². The summed E-state index contributed by atoms with van der Waals surface area (Å²) in [6.07, 6.45) is 1.82. The van der Waals surface area contributed by atoms with Crippen molar-refractivity contribution in [2.24, 2.45) is 4.99 Å². The maximum atomic E-state index is 9.04. The fourth-order valence-corrected chi connectivity index (χ4v) is 0.829. The first-order valence-electron chi connectivity index (χ1n) is 4.52. The van der Waals surface area contributed by atoms with Crippen LogP contribution in [0.15, 0.2) is 29.3 Å². The highest BCUT2D eigenvalue weighted by molar-refractivity contribution is 5.80. The molecule has 4 nitrogen and oxygen atoms in total. The summed E-state index contributed by atoms with van der Waals surface area (Å²) in [6.45, 7) is 6.14. The summed E-state index contributed by atoms with van der Waals surface area (Å²) in [7, 11) is 0. The third-order valence-electron chi connectivity index (χ3n) is 1.49. The van der Waals surface area contributed by atoms with Gasteiger partial charge in [0, 0.05) is 6.21 Å². The van der Waals surface area contributed by atoms with Crippen molar-refractivity contribution in [1.29, 1.82) is 0 Å². The number of phenolic OH excluding ortho intramolecular Hbond substituents is 1. The van der Waals surface area contributed by atoms with Crippen LogP contribution in [0.2, 0.25) is 0 Å². The minimum Gasteiger partial charge on any atom is -0.508 e. The maximum Gasteiger partial charge on any atom is 0.115 e. The van der Waals surface area contributed by atoms with Crippen LogP contribution in [-0.2, 0) is 0 Å². The zero-order chi connectivity index (χ0) is 11.9. The van der Waals surface area contributed by atoms with E-state index in [-0.39, 0.29) is 11.3 Å². The Labute approximate surface area is 89.5 Å². The molecule has 0 bridgehead atoms. The molecule has 0 aliphatic heterocycles.